The molecule has 0 spiro atoms. The highest BCUT2D eigenvalue weighted by Crippen LogP contribution is 2.35. The normalized spacial score (nSPS) is 14.7. The van der Waals surface area contributed by atoms with Gasteiger partial charge in [-0.25, -0.2) is 9.97 Å². The van der Waals surface area contributed by atoms with Gasteiger partial charge in [-0.3, -0.25) is 4.79 Å². The predicted octanol–water partition coefficient (Wildman–Crippen LogP) is 5.69. The Bertz CT molecular complexity index is 853. The summed E-state index contributed by atoms with van der Waals surface area (Å²) in [5.74, 6) is 0.361. The molecule has 0 bridgehead atoms. The third kappa shape index (κ3) is 6.33. The van der Waals surface area contributed by atoms with Crippen LogP contribution in [-0.4, -0.2) is 33.6 Å². The molecule has 6 nitrogen and oxygen atoms in total. The first-order valence-electron chi connectivity index (χ1n) is 10.8. The number of rotatable bonds is 9. The van der Waals surface area contributed by atoms with Crippen molar-refractivity contribution in [1.82, 2.24) is 9.97 Å². The van der Waals surface area contributed by atoms with E-state index in [9.17, 15) is 4.79 Å². The summed E-state index contributed by atoms with van der Waals surface area (Å²) in [6.45, 7) is 5.46. The SMILES string of the molecule is CC(C)CN(c1ccc(CCC(=O)O)cc1Nc1ccnc(Cl)n1)C1CCCCC1. The highest BCUT2D eigenvalue weighted by atomic mass is 35.5. The van der Waals surface area contributed by atoms with Crippen molar-refractivity contribution in [3.8, 4) is 0 Å². The van der Waals surface area contributed by atoms with Crippen LogP contribution in [0, 0.1) is 5.92 Å². The second kappa shape index (κ2) is 10.6. The minimum atomic E-state index is -0.792. The van der Waals surface area contributed by atoms with Crippen LogP contribution in [0.5, 0.6) is 0 Å². The Hall–Kier alpha value is -2.34. The molecule has 162 valence electrons. The summed E-state index contributed by atoms with van der Waals surface area (Å²) in [7, 11) is 0. The molecule has 1 aliphatic carbocycles. The largest absolute Gasteiger partial charge is 0.481 e. The average Bonchev–Trinajstić information content (AvgIpc) is 2.71. The van der Waals surface area contributed by atoms with Crippen molar-refractivity contribution < 1.29 is 9.90 Å². The van der Waals surface area contributed by atoms with Crippen LogP contribution in [0.4, 0.5) is 17.2 Å². The first-order valence-corrected chi connectivity index (χ1v) is 11.2. The molecule has 1 aromatic carbocycles. The first-order chi connectivity index (χ1) is 14.4. The van der Waals surface area contributed by atoms with Gasteiger partial charge in [-0.15, -0.1) is 0 Å². The topological polar surface area (TPSA) is 78.4 Å². The van der Waals surface area contributed by atoms with Crippen LogP contribution in [-0.2, 0) is 11.2 Å². The van der Waals surface area contributed by atoms with E-state index in [1.54, 1.807) is 12.3 Å². The van der Waals surface area contributed by atoms with E-state index in [4.69, 9.17) is 16.7 Å². The summed E-state index contributed by atoms with van der Waals surface area (Å²) in [6.07, 6.45) is 8.46. The molecule has 1 fully saturated rings. The Kier molecular flexibility index (Phi) is 7.91. The van der Waals surface area contributed by atoms with E-state index >= 15 is 0 Å². The molecule has 3 rings (SSSR count). The van der Waals surface area contributed by atoms with Crippen molar-refractivity contribution in [2.75, 3.05) is 16.8 Å². The molecule has 0 aliphatic heterocycles. The monoisotopic (exact) mass is 430 g/mol. The van der Waals surface area contributed by atoms with Crippen LogP contribution in [0.15, 0.2) is 30.5 Å². The second-order valence-corrected chi connectivity index (χ2v) is 8.76. The van der Waals surface area contributed by atoms with Gasteiger partial charge in [0, 0.05) is 25.2 Å². The molecular weight excluding hydrogens is 400 g/mol. The van der Waals surface area contributed by atoms with Crippen LogP contribution in [0.3, 0.4) is 0 Å². The number of nitrogens with zero attached hydrogens (tertiary/aromatic N) is 3. The molecule has 30 heavy (non-hydrogen) atoms. The third-order valence-corrected chi connectivity index (χ3v) is 5.65. The highest BCUT2D eigenvalue weighted by molar-refractivity contribution is 6.28. The fourth-order valence-electron chi connectivity index (χ4n) is 4.11. The van der Waals surface area contributed by atoms with Crippen LogP contribution in [0.2, 0.25) is 5.28 Å². The molecule has 1 heterocycles. The van der Waals surface area contributed by atoms with E-state index in [0.29, 0.717) is 24.2 Å². The average molecular weight is 431 g/mol. The van der Waals surface area contributed by atoms with Gasteiger partial charge >= 0.3 is 5.97 Å². The molecule has 2 aromatic rings. The second-order valence-electron chi connectivity index (χ2n) is 8.42. The summed E-state index contributed by atoms with van der Waals surface area (Å²) in [4.78, 5) is 21.8. The zero-order valence-corrected chi connectivity index (χ0v) is 18.5. The minimum Gasteiger partial charge on any atom is -0.481 e. The lowest BCUT2D eigenvalue weighted by molar-refractivity contribution is -0.136. The lowest BCUT2D eigenvalue weighted by atomic mass is 9.92. The number of carboxylic acid groups (broad SMARTS) is 1. The van der Waals surface area contributed by atoms with Crippen LogP contribution < -0.4 is 10.2 Å². The zero-order chi connectivity index (χ0) is 21.5. The predicted molar refractivity (Wildman–Crippen MR) is 122 cm³/mol. The van der Waals surface area contributed by atoms with Gasteiger partial charge in [-0.2, -0.15) is 0 Å². The van der Waals surface area contributed by atoms with Crippen molar-refractivity contribution in [3.63, 3.8) is 0 Å². The summed E-state index contributed by atoms with van der Waals surface area (Å²) in [5.41, 5.74) is 3.04. The van der Waals surface area contributed by atoms with E-state index in [-0.39, 0.29) is 11.7 Å². The highest BCUT2D eigenvalue weighted by Gasteiger charge is 2.24. The number of nitrogens with one attached hydrogen (secondary N) is 1. The lowest BCUT2D eigenvalue weighted by Crippen LogP contribution is -2.39. The van der Waals surface area contributed by atoms with Crippen molar-refractivity contribution in [2.45, 2.75) is 64.8 Å². The van der Waals surface area contributed by atoms with Gasteiger partial charge in [0.1, 0.15) is 5.82 Å². The van der Waals surface area contributed by atoms with Crippen LogP contribution in [0.1, 0.15) is 57.9 Å². The molecule has 0 unspecified atom stereocenters. The van der Waals surface area contributed by atoms with E-state index in [1.807, 2.05) is 12.1 Å². The van der Waals surface area contributed by atoms with Crippen molar-refractivity contribution in [2.24, 2.45) is 5.92 Å². The Labute approximate surface area is 183 Å². The molecule has 1 aromatic heterocycles. The van der Waals surface area contributed by atoms with Gasteiger partial charge in [0.05, 0.1) is 11.4 Å². The first kappa shape index (κ1) is 22.3. The van der Waals surface area contributed by atoms with Gasteiger partial charge < -0.3 is 15.3 Å². The quantitative estimate of drug-likeness (QED) is 0.498. The molecule has 2 N–H and O–H groups in total. The number of benzene rings is 1. The number of hydrogen-bond donors (Lipinski definition) is 2. The number of hydrogen-bond acceptors (Lipinski definition) is 5. The lowest BCUT2D eigenvalue weighted by Gasteiger charge is -2.38. The van der Waals surface area contributed by atoms with Gasteiger partial charge in [0.25, 0.3) is 0 Å². The van der Waals surface area contributed by atoms with Gasteiger partial charge in [0.2, 0.25) is 5.28 Å². The Morgan fingerprint density at radius 1 is 1.27 bits per heavy atom. The number of aromatic nitrogens is 2. The standard InChI is InChI=1S/C23H31ClN4O2/c1-16(2)15-28(18-6-4-3-5-7-18)20-10-8-17(9-11-22(29)30)14-19(20)26-21-12-13-25-23(24)27-21/h8,10,12-14,16,18H,3-7,9,11,15H2,1-2H3,(H,29,30)(H,25,26,27). The molecule has 0 saturated heterocycles. The molecular formula is C23H31ClN4O2. The van der Waals surface area contributed by atoms with E-state index in [1.165, 1.54) is 32.1 Å². The van der Waals surface area contributed by atoms with Crippen molar-refractivity contribution >= 4 is 34.8 Å². The number of aliphatic carboxylic acids is 1. The number of carbonyl (C=O) groups is 1. The Morgan fingerprint density at radius 2 is 2.03 bits per heavy atom. The maximum atomic E-state index is 11.0. The molecule has 0 amide bonds. The van der Waals surface area contributed by atoms with Crippen molar-refractivity contribution in [3.05, 3.63) is 41.3 Å². The molecule has 1 saturated carbocycles. The Balaban J connectivity index is 1.97. The fraction of sp³-hybridized carbons (Fsp3) is 0.522. The summed E-state index contributed by atoms with van der Waals surface area (Å²) < 4.78 is 0. The summed E-state index contributed by atoms with van der Waals surface area (Å²) >= 11 is 5.98. The van der Waals surface area contributed by atoms with E-state index < -0.39 is 5.97 Å². The number of carboxylic acids is 1. The fourth-order valence-corrected chi connectivity index (χ4v) is 4.26. The van der Waals surface area contributed by atoms with E-state index in [0.717, 1.165) is 23.5 Å². The van der Waals surface area contributed by atoms with Gasteiger partial charge in [-0.1, -0.05) is 39.2 Å². The molecule has 1 aliphatic rings. The van der Waals surface area contributed by atoms with Crippen LogP contribution >= 0.6 is 11.6 Å². The smallest absolute Gasteiger partial charge is 0.303 e. The van der Waals surface area contributed by atoms with Crippen molar-refractivity contribution in [1.29, 1.82) is 0 Å². The summed E-state index contributed by atoms with van der Waals surface area (Å²) in [6, 6.07) is 8.52. The Morgan fingerprint density at radius 3 is 2.70 bits per heavy atom. The third-order valence-electron chi connectivity index (χ3n) is 5.46. The molecule has 0 atom stereocenters. The minimum absolute atomic E-state index is 0.108. The number of halogens is 1. The number of anilines is 3. The van der Waals surface area contributed by atoms with Crippen LogP contribution in [0.25, 0.3) is 0 Å². The number of aryl methyl sites for hydroxylation is 1. The van der Waals surface area contributed by atoms with Gasteiger partial charge in [-0.05, 0) is 60.5 Å². The molecule has 0 radical (unpaired) electrons. The van der Waals surface area contributed by atoms with E-state index in [2.05, 4.69) is 40.1 Å². The van der Waals surface area contributed by atoms with Gasteiger partial charge in [0.15, 0.2) is 0 Å². The maximum absolute atomic E-state index is 11.0. The maximum Gasteiger partial charge on any atom is 0.303 e. The molecule has 7 heteroatoms. The zero-order valence-electron chi connectivity index (χ0n) is 17.8. The summed E-state index contributed by atoms with van der Waals surface area (Å²) in [5, 5.41) is 12.7.